The zero-order valence-corrected chi connectivity index (χ0v) is 11.0. The molecular weight excluding hydrogens is 232 g/mol. The van der Waals surface area contributed by atoms with E-state index in [2.05, 4.69) is 5.32 Å². The number of carbonyl (C=O) groups is 1. The van der Waals surface area contributed by atoms with Crippen molar-refractivity contribution in [3.63, 3.8) is 0 Å². The Morgan fingerprint density at radius 3 is 2.56 bits per heavy atom. The highest BCUT2D eigenvalue weighted by molar-refractivity contribution is 5.76. The minimum Gasteiger partial charge on any atom is -0.493 e. The molecule has 0 radical (unpaired) electrons. The summed E-state index contributed by atoms with van der Waals surface area (Å²) in [6.45, 7) is 3.01. The van der Waals surface area contributed by atoms with Gasteiger partial charge in [-0.1, -0.05) is 13.0 Å². The highest BCUT2D eigenvalue weighted by atomic mass is 16.5. The van der Waals surface area contributed by atoms with Crippen LogP contribution in [0.25, 0.3) is 0 Å². The monoisotopic (exact) mass is 252 g/mol. The van der Waals surface area contributed by atoms with Crippen LogP contribution in [-0.2, 0) is 11.3 Å². The lowest BCUT2D eigenvalue weighted by molar-refractivity contribution is -0.121. The first-order chi connectivity index (χ1) is 8.58. The molecule has 1 atom stereocenters. The molecule has 1 amide bonds. The third-order valence-corrected chi connectivity index (χ3v) is 2.71. The van der Waals surface area contributed by atoms with Gasteiger partial charge < -0.3 is 20.5 Å². The van der Waals surface area contributed by atoms with Crippen LogP contribution < -0.4 is 20.5 Å². The molecule has 0 aliphatic carbocycles. The molecule has 1 rings (SSSR count). The fourth-order valence-corrected chi connectivity index (χ4v) is 1.52. The van der Waals surface area contributed by atoms with E-state index in [-0.39, 0.29) is 11.8 Å². The molecule has 1 aromatic carbocycles. The van der Waals surface area contributed by atoms with E-state index in [4.69, 9.17) is 15.2 Å². The van der Waals surface area contributed by atoms with Crippen LogP contribution >= 0.6 is 0 Å². The number of hydrogen-bond donors (Lipinski definition) is 2. The van der Waals surface area contributed by atoms with Gasteiger partial charge in [0, 0.05) is 19.0 Å². The third kappa shape index (κ3) is 3.92. The number of hydrogen-bond acceptors (Lipinski definition) is 4. The molecule has 5 heteroatoms. The van der Waals surface area contributed by atoms with E-state index in [1.165, 1.54) is 0 Å². The van der Waals surface area contributed by atoms with E-state index < -0.39 is 0 Å². The Morgan fingerprint density at radius 2 is 2.00 bits per heavy atom. The van der Waals surface area contributed by atoms with Gasteiger partial charge in [-0.15, -0.1) is 0 Å². The van der Waals surface area contributed by atoms with Crippen molar-refractivity contribution in [1.29, 1.82) is 0 Å². The van der Waals surface area contributed by atoms with Crippen molar-refractivity contribution < 1.29 is 14.3 Å². The van der Waals surface area contributed by atoms with Crippen molar-refractivity contribution in [2.45, 2.75) is 13.5 Å². The number of rotatable bonds is 7. The van der Waals surface area contributed by atoms with Crippen molar-refractivity contribution in [3.05, 3.63) is 23.8 Å². The number of amides is 1. The topological polar surface area (TPSA) is 73.6 Å². The van der Waals surface area contributed by atoms with Crippen molar-refractivity contribution >= 4 is 5.91 Å². The Bertz CT molecular complexity index is 407. The molecule has 5 nitrogen and oxygen atoms in total. The predicted molar refractivity (Wildman–Crippen MR) is 69.6 cm³/mol. The Labute approximate surface area is 107 Å². The molecule has 0 aromatic heterocycles. The molecule has 0 spiro atoms. The number of methoxy groups -OCH3 is 2. The van der Waals surface area contributed by atoms with Gasteiger partial charge in [0.05, 0.1) is 14.2 Å². The highest BCUT2D eigenvalue weighted by Gasteiger charge is 2.08. The van der Waals surface area contributed by atoms with Crippen LogP contribution in [0.1, 0.15) is 12.5 Å². The normalized spacial score (nSPS) is 11.9. The van der Waals surface area contributed by atoms with E-state index in [0.29, 0.717) is 24.6 Å². The second-order valence-corrected chi connectivity index (χ2v) is 4.12. The zero-order chi connectivity index (χ0) is 13.5. The van der Waals surface area contributed by atoms with Crippen LogP contribution in [0, 0.1) is 5.92 Å². The zero-order valence-electron chi connectivity index (χ0n) is 11.0. The molecule has 0 bridgehead atoms. The Morgan fingerprint density at radius 1 is 1.33 bits per heavy atom. The fourth-order valence-electron chi connectivity index (χ4n) is 1.52. The summed E-state index contributed by atoms with van der Waals surface area (Å²) < 4.78 is 10.4. The number of benzene rings is 1. The van der Waals surface area contributed by atoms with Crippen LogP contribution in [0.3, 0.4) is 0 Å². The summed E-state index contributed by atoms with van der Waals surface area (Å²) in [6, 6.07) is 5.71. The van der Waals surface area contributed by atoms with Crippen LogP contribution in [0.5, 0.6) is 11.5 Å². The molecule has 3 N–H and O–H groups in total. The summed E-state index contributed by atoms with van der Waals surface area (Å²) in [7, 11) is 3.20. The lowest BCUT2D eigenvalue weighted by atomic mass is 10.1. The standard InChI is InChI=1S/C13H20N2O3/c1-9(13(14)16)7-15-8-10-4-5-11(17-2)12(6-10)18-3/h4-6,9,15H,7-8H2,1-3H3,(H2,14,16). The van der Waals surface area contributed by atoms with E-state index in [1.54, 1.807) is 21.1 Å². The number of nitrogens with one attached hydrogen (secondary N) is 1. The van der Waals surface area contributed by atoms with Gasteiger partial charge >= 0.3 is 0 Å². The molecular formula is C13H20N2O3. The molecule has 0 saturated heterocycles. The average Bonchev–Trinajstić information content (AvgIpc) is 2.38. The van der Waals surface area contributed by atoms with Crippen molar-refractivity contribution in [1.82, 2.24) is 5.32 Å². The summed E-state index contributed by atoms with van der Waals surface area (Å²) >= 11 is 0. The largest absolute Gasteiger partial charge is 0.493 e. The average molecular weight is 252 g/mol. The van der Waals surface area contributed by atoms with Crippen LogP contribution in [0.2, 0.25) is 0 Å². The number of carbonyl (C=O) groups excluding carboxylic acids is 1. The summed E-state index contributed by atoms with van der Waals surface area (Å²) in [5.41, 5.74) is 6.24. The Kier molecular flexibility index (Phi) is 5.45. The molecule has 0 saturated carbocycles. The van der Waals surface area contributed by atoms with Crippen molar-refractivity contribution in [3.8, 4) is 11.5 Å². The second kappa shape index (κ2) is 6.86. The lowest BCUT2D eigenvalue weighted by Crippen LogP contribution is -2.30. The van der Waals surface area contributed by atoms with Crippen LogP contribution in [0.15, 0.2) is 18.2 Å². The maximum absolute atomic E-state index is 10.9. The second-order valence-electron chi connectivity index (χ2n) is 4.12. The molecule has 1 unspecified atom stereocenters. The first-order valence-electron chi connectivity index (χ1n) is 5.79. The summed E-state index contributed by atoms with van der Waals surface area (Å²) in [5, 5.41) is 3.17. The van der Waals surface area contributed by atoms with Gasteiger partial charge in [0.25, 0.3) is 0 Å². The molecule has 1 aromatic rings. The highest BCUT2D eigenvalue weighted by Crippen LogP contribution is 2.27. The first kappa shape index (κ1) is 14.3. The predicted octanol–water partition coefficient (Wildman–Crippen LogP) is 0.915. The van der Waals surface area contributed by atoms with E-state index in [9.17, 15) is 4.79 Å². The first-order valence-corrected chi connectivity index (χ1v) is 5.79. The van der Waals surface area contributed by atoms with Crippen molar-refractivity contribution in [2.75, 3.05) is 20.8 Å². The number of ether oxygens (including phenoxy) is 2. The fraction of sp³-hybridized carbons (Fsp3) is 0.462. The molecule has 0 heterocycles. The van der Waals surface area contributed by atoms with Gasteiger partial charge in [-0.2, -0.15) is 0 Å². The molecule has 0 aliphatic rings. The van der Waals surface area contributed by atoms with Crippen molar-refractivity contribution in [2.24, 2.45) is 11.7 Å². The van der Waals surface area contributed by atoms with E-state index in [0.717, 1.165) is 5.56 Å². The smallest absolute Gasteiger partial charge is 0.221 e. The Balaban J connectivity index is 2.55. The SMILES string of the molecule is COc1ccc(CNCC(C)C(N)=O)cc1OC. The van der Waals surface area contributed by atoms with Crippen LogP contribution in [0.4, 0.5) is 0 Å². The van der Waals surface area contributed by atoms with E-state index >= 15 is 0 Å². The van der Waals surface area contributed by atoms with Gasteiger partial charge in [-0.3, -0.25) is 4.79 Å². The van der Waals surface area contributed by atoms with Gasteiger partial charge in [-0.05, 0) is 17.7 Å². The molecule has 18 heavy (non-hydrogen) atoms. The number of primary amides is 1. The maximum Gasteiger partial charge on any atom is 0.221 e. The third-order valence-electron chi connectivity index (χ3n) is 2.71. The van der Waals surface area contributed by atoms with Gasteiger partial charge in [0.15, 0.2) is 11.5 Å². The molecule has 0 aliphatic heterocycles. The van der Waals surface area contributed by atoms with Gasteiger partial charge in [0.2, 0.25) is 5.91 Å². The summed E-state index contributed by atoms with van der Waals surface area (Å²) in [5.74, 6) is 0.923. The minimum atomic E-state index is -0.296. The van der Waals surface area contributed by atoms with E-state index in [1.807, 2.05) is 18.2 Å². The summed E-state index contributed by atoms with van der Waals surface area (Å²) in [4.78, 5) is 10.9. The summed E-state index contributed by atoms with van der Waals surface area (Å²) in [6.07, 6.45) is 0. The lowest BCUT2D eigenvalue weighted by Gasteiger charge is -2.11. The van der Waals surface area contributed by atoms with Crippen LogP contribution in [-0.4, -0.2) is 26.7 Å². The molecule has 100 valence electrons. The quantitative estimate of drug-likeness (QED) is 0.756. The van der Waals surface area contributed by atoms with Gasteiger partial charge in [-0.25, -0.2) is 0 Å². The van der Waals surface area contributed by atoms with Gasteiger partial charge in [0.1, 0.15) is 0 Å². The number of nitrogens with two attached hydrogens (primary N) is 1. The Hall–Kier alpha value is -1.75. The maximum atomic E-state index is 10.9. The minimum absolute atomic E-state index is 0.176. The molecule has 0 fully saturated rings.